The molecule has 0 spiro atoms. The molecular formula is C20H24N2O5S. The zero-order valence-electron chi connectivity index (χ0n) is 15.9. The zero-order valence-corrected chi connectivity index (χ0v) is 16.7. The molecule has 3 rings (SSSR count). The number of imide groups is 1. The average Bonchev–Trinajstić information content (AvgIpc) is 2.90. The maximum absolute atomic E-state index is 12.4. The fourth-order valence-electron chi connectivity index (χ4n) is 3.70. The number of fused-ring (bicyclic) bond motifs is 1. The first-order valence-electron chi connectivity index (χ1n) is 9.28. The smallest absolute Gasteiger partial charge is 0.233 e. The number of nitrogens with one attached hydrogen (secondary N) is 1. The molecule has 7 nitrogen and oxygen atoms in total. The van der Waals surface area contributed by atoms with E-state index in [0.29, 0.717) is 12.8 Å². The van der Waals surface area contributed by atoms with Gasteiger partial charge in [-0.05, 0) is 37.5 Å². The predicted molar refractivity (Wildman–Crippen MR) is 103 cm³/mol. The van der Waals surface area contributed by atoms with Crippen molar-refractivity contribution in [2.75, 3.05) is 12.8 Å². The van der Waals surface area contributed by atoms with Crippen molar-refractivity contribution in [2.24, 2.45) is 11.8 Å². The lowest BCUT2D eigenvalue weighted by molar-refractivity contribution is -0.140. The fraction of sp³-hybridized carbons (Fsp3) is 0.450. The van der Waals surface area contributed by atoms with Gasteiger partial charge in [-0.15, -0.1) is 0 Å². The summed E-state index contributed by atoms with van der Waals surface area (Å²) in [6.45, 7) is 1.87. The molecule has 8 heteroatoms. The van der Waals surface area contributed by atoms with Gasteiger partial charge in [0.15, 0.2) is 9.84 Å². The van der Waals surface area contributed by atoms with Crippen LogP contribution in [0.5, 0.6) is 0 Å². The Balaban J connectivity index is 1.54. The van der Waals surface area contributed by atoms with E-state index in [4.69, 9.17) is 0 Å². The molecule has 28 heavy (non-hydrogen) atoms. The number of hydrogen-bond acceptors (Lipinski definition) is 5. The van der Waals surface area contributed by atoms with Gasteiger partial charge in [0, 0.05) is 19.2 Å². The molecule has 0 aromatic heterocycles. The summed E-state index contributed by atoms with van der Waals surface area (Å²) < 4.78 is 23.0. The molecule has 1 aromatic carbocycles. The van der Waals surface area contributed by atoms with Crippen LogP contribution >= 0.6 is 0 Å². The molecule has 2 aliphatic rings. The Kier molecular flexibility index (Phi) is 5.69. The molecule has 3 amide bonds. The van der Waals surface area contributed by atoms with E-state index >= 15 is 0 Å². The summed E-state index contributed by atoms with van der Waals surface area (Å²) in [5.41, 5.74) is 0.770. The summed E-state index contributed by atoms with van der Waals surface area (Å²) in [4.78, 5) is 38.5. The van der Waals surface area contributed by atoms with Crippen LogP contribution in [-0.4, -0.2) is 43.8 Å². The van der Waals surface area contributed by atoms with E-state index in [1.54, 1.807) is 19.1 Å². The molecule has 0 bridgehead atoms. The third-order valence-corrected chi connectivity index (χ3v) is 6.48. The Labute approximate surface area is 164 Å². The lowest BCUT2D eigenvalue weighted by Crippen LogP contribution is -2.36. The summed E-state index contributed by atoms with van der Waals surface area (Å²) in [6, 6.07) is 6.01. The van der Waals surface area contributed by atoms with Gasteiger partial charge in [0.1, 0.15) is 0 Å². The van der Waals surface area contributed by atoms with Gasteiger partial charge in [-0.2, -0.15) is 0 Å². The highest BCUT2D eigenvalue weighted by molar-refractivity contribution is 7.90. The lowest BCUT2D eigenvalue weighted by Gasteiger charge is -2.17. The molecule has 1 heterocycles. The van der Waals surface area contributed by atoms with Crippen LogP contribution in [0.1, 0.15) is 37.8 Å². The Bertz CT molecular complexity index is 894. The minimum Gasteiger partial charge on any atom is -0.350 e. The molecule has 1 aliphatic heterocycles. The van der Waals surface area contributed by atoms with Crippen LogP contribution in [0.3, 0.4) is 0 Å². The Morgan fingerprint density at radius 3 is 2.14 bits per heavy atom. The molecule has 3 atom stereocenters. The maximum Gasteiger partial charge on any atom is 0.233 e. The van der Waals surface area contributed by atoms with Crippen molar-refractivity contribution in [2.45, 2.75) is 37.1 Å². The molecule has 0 radical (unpaired) electrons. The first-order chi connectivity index (χ1) is 13.2. The number of nitrogens with zero attached hydrogens (tertiary/aromatic N) is 1. The average molecular weight is 404 g/mol. The Morgan fingerprint density at radius 1 is 1.11 bits per heavy atom. The van der Waals surface area contributed by atoms with Crippen molar-refractivity contribution >= 4 is 27.6 Å². The highest BCUT2D eigenvalue weighted by atomic mass is 32.2. The monoisotopic (exact) mass is 404 g/mol. The number of amides is 3. The van der Waals surface area contributed by atoms with Gasteiger partial charge in [0.25, 0.3) is 0 Å². The molecule has 1 saturated heterocycles. The van der Waals surface area contributed by atoms with Gasteiger partial charge >= 0.3 is 0 Å². The second kappa shape index (κ2) is 7.87. The van der Waals surface area contributed by atoms with Crippen molar-refractivity contribution in [3.8, 4) is 0 Å². The molecule has 1 fully saturated rings. The van der Waals surface area contributed by atoms with Gasteiger partial charge in [0.2, 0.25) is 17.7 Å². The van der Waals surface area contributed by atoms with Crippen LogP contribution in [0.4, 0.5) is 0 Å². The number of rotatable bonds is 6. The van der Waals surface area contributed by atoms with Crippen LogP contribution < -0.4 is 5.32 Å². The summed E-state index contributed by atoms with van der Waals surface area (Å²) in [5, 5.41) is 2.82. The lowest BCUT2D eigenvalue weighted by atomic mass is 9.85. The largest absolute Gasteiger partial charge is 0.350 e. The van der Waals surface area contributed by atoms with E-state index in [2.05, 4.69) is 5.32 Å². The minimum atomic E-state index is -3.27. The normalized spacial score (nSPS) is 22.9. The third-order valence-electron chi connectivity index (χ3n) is 5.35. The van der Waals surface area contributed by atoms with Gasteiger partial charge in [-0.1, -0.05) is 24.3 Å². The SMILES string of the molecule is C[C@H](NC(=O)CCN1C(=O)[C@H]2CC=CC[C@@H]2C1=O)c1ccc(S(C)(=O)=O)cc1. The van der Waals surface area contributed by atoms with Crippen molar-refractivity contribution in [1.29, 1.82) is 0 Å². The number of likely N-dealkylation sites (tertiary alicyclic amines) is 1. The summed E-state index contributed by atoms with van der Waals surface area (Å²) >= 11 is 0. The Morgan fingerprint density at radius 2 is 1.64 bits per heavy atom. The minimum absolute atomic E-state index is 0.0378. The van der Waals surface area contributed by atoms with Crippen molar-refractivity contribution < 1.29 is 22.8 Å². The van der Waals surface area contributed by atoms with E-state index in [1.165, 1.54) is 17.0 Å². The van der Waals surface area contributed by atoms with E-state index in [0.717, 1.165) is 11.8 Å². The number of carbonyl (C=O) groups excluding carboxylic acids is 3. The van der Waals surface area contributed by atoms with Crippen molar-refractivity contribution in [1.82, 2.24) is 10.2 Å². The van der Waals surface area contributed by atoms with E-state index in [9.17, 15) is 22.8 Å². The van der Waals surface area contributed by atoms with Gasteiger partial charge in [-0.3, -0.25) is 19.3 Å². The quantitative estimate of drug-likeness (QED) is 0.573. The summed E-state index contributed by atoms with van der Waals surface area (Å²) in [7, 11) is -3.27. The number of benzene rings is 1. The van der Waals surface area contributed by atoms with Crippen molar-refractivity contribution in [3.63, 3.8) is 0 Å². The van der Waals surface area contributed by atoms with Crippen LogP contribution in [0.25, 0.3) is 0 Å². The molecular weight excluding hydrogens is 380 g/mol. The Hall–Kier alpha value is -2.48. The summed E-state index contributed by atoms with van der Waals surface area (Å²) in [6.07, 6.45) is 6.20. The highest BCUT2D eigenvalue weighted by Gasteiger charge is 2.46. The second-order valence-corrected chi connectivity index (χ2v) is 9.38. The third kappa shape index (κ3) is 4.16. The van der Waals surface area contributed by atoms with Crippen molar-refractivity contribution in [3.05, 3.63) is 42.0 Å². The topological polar surface area (TPSA) is 101 Å². The number of carbonyl (C=O) groups is 3. The van der Waals surface area contributed by atoms with Crippen LogP contribution in [0, 0.1) is 11.8 Å². The first-order valence-corrected chi connectivity index (χ1v) is 11.2. The van der Waals surface area contributed by atoms with Gasteiger partial charge < -0.3 is 5.32 Å². The maximum atomic E-state index is 12.4. The molecule has 0 unspecified atom stereocenters. The summed E-state index contributed by atoms with van der Waals surface area (Å²) in [5.74, 6) is -1.21. The first kappa shape index (κ1) is 20.3. The predicted octanol–water partition coefficient (Wildman–Crippen LogP) is 1.61. The van der Waals surface area contributed by atoms with E-state index < -0.39 is 9.84 Å². The number of allylic oxidation sites excluding steroid dienone is 2. The van der Waals surface area contributed by atoms with E-state index in [-0.39, 0.29) is 53.5 Å². The molecule has 1 N–H and O–H groups in total. The fourth-order valence-corrected chi connectivity index (χ4v) is 4.33. The standard InChI is InChI=1S/C20H24N2O5S/c1-13(14-7-9-15(10-8-14)28(2,26)27)21-18(23)11-12-22-19(24)16-5-3-4-6-17(16)20(22)25/h3-4,7-10,13,16-17H,5-6,11-12H2,1-2H3,(H,21,23)/t13-,16-,17-/m0/s1. The molecule has 150 valence electrons. The van der Waals surface area contributed by atoms with Gasteiger partial charge in [0.05, 0.1) is 22.8 Å². The number of hydrogen-bond donors (Lipinski definition) is 1. The van der Waals surface area contributed by atoms with Crippen LogP contribution in [-0.2, 0) is 24.2 Å². The number of sulfone groups is 1. The highest BCUT2D eigenvalue weighted by Crippen LogP contribution is 2.35. The zero-order chi connectivity index (χ0) is 20.5. The molecule has 1 aromatic rings. The van der Waals surface area contributed by atoms with E-state index in [1.807, 2.05) is 12.2 Å². The van der Waals surface area contributed by atoms with Gasteiger partial charge in [-0.25, -0.2) is 8.42 Å². The molecule has 1 aliphatic carbocycles. The van der Waals surface area contributed by atoms with Crippen LogP contribution in [0.15, 0.2) is 41.3 Å². The van der Waals surface area contributed by atoms with Crippen LogP contribution in [0.2, 0.25) is 0 Å². The second-order valence-electron chi connectivity index (χ2n) is 7.36. The molecule has 0 saturated carbocycles.